The molecule has 24 nitrogen and oxygen atoms in total. The van der Waals surface area contributed by atoms with Gasteiger partial charge in [-0.25, -0.2) is 0 Å². The van der Waals surface area contributed by atoms with Crippen molar-refractivity contribution < 1.29 is 57.5 Å². The van der Waals surface area contributed by atoms with E-state index < -0.39 is 36.3 Å². The van der Waals surface area contributed by atoms with Crippen molar-refractivity contribution in [3.8, 4) is 0 Å². The first-order valence-electron chi connectivity index (χ1n) is 31.9. The van der Waals surface area contributed by atoms with Crippen LogP contribution in [0.1, 0.15) is 74.9 Å². The van der Waals surface area contributed by atoms with Crippen LogP contribution in [-0.4, -0.2) is 143 Å². The van der Waals surface area contributed by atoms with Crippen LogP contribution in [0.25, 0.3) is 0 Å². The average molecular weight is 1310 g/mol. The van der Waals surface area contributed by atoms with E-state index in [0.29, 0.717) is 38.5 Å². The lowest BCUT2D eigenvalue weighted by atomic mass is 9.99. The van der Waals surface area contributed by atoms with E-state index in [1.165, 1.54) is 0 Å². The lowest BCUT2D eigenvalue weighted by molar-refractivity contribution is -0.136. The smallest absolute Gasteiger partial charge is 0.243 e. The van der Waals surface area contributed by atoms with Gasteiger partial charge in [-0.15, -0.1) is 0 Å². The summed E-state index contributed by atoms with van der Waals surface area (Å²) >= 11 is 0. The quantitative estimate of drug-likeness (QED) is 0.0828. The molecule has 0 aliphatic carbocycles. The molecule has 6 aliphatic rings. The SMILES string of the molecule is C[C@@H]1NC(=O)[C@@H](C)NC1=O.C[C@@H]1NC(=O)[C@H](C)NC1=O.C[C@H]1NC(=O)[C@@H](C)NC1=O.O=C1N[C@@H](Cc2ccccc2)C(=O)N[C@H]1Cc1ccccc1.O=C1N[C@H](Cc2ccccc2)C(=O)N[C@@H]1Cc1ccccc1.O=C1N[C@H](Cc2ccccc2)C(=O)N[C@H]1Cc1ccccc1. The fourth-order valence-corrected chi connectivity index (χ4v) is 10.4. The van der Waals surface area contributed by atoms with E-state index in [9.17, 15) is 57.5 Å². The van der Waals surface area contributed by atoms with Crippen molar-refractivity contribution in [1.29, 1.82) is 0 Å². The molecule has 0 aromatic heterocycles. The molecule has 6 heterocycles. The monoisotopic (exact) mass is 1310 g/mol. The summed E-state index contributed by atoms with van der Waals surface area (Å²) < 4.78 is 0. The molecule has 6 fully saturated rings. The minimum absolute atomic E-state index is 0.118. The van der Waals surface area contributed by atoms with Gasteiger partial charge in [-0.1, -0.05) is 182 Å². The predicted molar refractivity (Wildman–Crippen MR) is 358 cm³/mol. The summed E-state index contributed by atoms with van der Waals surface area (Å²) in [4.78, 5) is 138. The van der Waals surface area contributed by atoms with E-state index in [0.717, 1.165) is 33.4 Å². The Hall–Kier alpha value is -11.0. The first-order chi connectivity index (χ1) is 46.0. The maximum atomic E-state index is 12.2. The maximum Gasteiger partial charge on any atom is 0.243 e. The molecule has 504 valence electrons. The molecule has 0 saturated carbocycles. The van der Waals surface area contributed by atoms with Crippen molar-refractivity contribution in [2.45, 2.75) is 153 Å². The van der Waals surface area contributed by atoms with Crippen LogP contribution < -0.4 is 63.8 Å². The third-order valence-electron chi connectivity index (χ3n) is 16.0. The number of hydrogen-bond acceptors (Lipinski definition) is 12. The normalized spacial score (nSPS) is 24.8. The average Bonchev–Trinajstić information content (AvgIpc) is 1.09. The molecule has 24 heteroatoms. The Morgan fingerprint density at radius 1 is 0.177 bits per heavy atom. The van der Waals surface area contributed by atoms with E-state index in [2.05, 4.69) is 63.8 Å². The summed E-state index contributed by atoms with van der Waals surface area (Å²) in [5.41, 5.74) is 6.19. The molecule has 6 aromatic carbocycles. The van der Waals surface area contributed by atoms with Gasteiger partial charge >= 0.3 is 0 Å². The fourth-order valence-electron chi connectivity index (χ4n) is 10.4. The molecule has 0 unspecified atom stereocenters. The Labute approximate surface area is 557 Å². The topological polar surface area (TPSA) is 349 Å². The van der Waals surface area contributed by atoms with Crippen LogP contribution in [0, 0.1) is 0 Å². The third kappa shape index (κ3) is 22.6. The fraction of sp³-hybridized carbons (Fsp3) is 0.333. The number of carbonyl (C=O) groups is 12. The third-order valence-corrected chi connectivity index (χ3v) is 16.0. The van der Waals surface area contributed by atoms with E-state index in [-0.39, 0.29) is 107 Å². The van der Waals surface area contributed by atoms with Crippen molar-refractivity contribution in [2.24, 2.45) is 0 Å². The Morgan fingerprint density at radius 2 is 0.292 bits per heavy atom. The Bertz CT molecular complexity index is 3030. The van der Waals surface area contributed by atoms with Gasteiger partial charge in [0.1, 0.15) is 72.5 Å². The number of amides is 12. The van der Waals surface area contributed by atoms with Crippen LogP contribution in [0.5, 0.6) is 0 Å². The minimum atomic E-state index is -0.498. The van der Waals surface area contributed by atoms with Crippen LogP contribution >= 0.6 is 0 Å². The highest BCUT2D eigenvalue weighted by Crippen LogP contribution is 2.14. The molecule has 12 rings (SSSR count). The predicted octanol–water partition coefficient (Wildman–Crippen LogP) is 1.39. The molecule has 0 radical (unpaired) electrons. The number of nitrogens with one attached hydrogen (secondary N) is 12. The lowest BCUT2D eigenvalue weighted by Gasteiger charge is -2.29. The molecule has 0 bridgehead atoms. The Morgan fingerprint density at radius 3 is 0.406 bits per heavy atom. The lowest BCUT2D eigenvalue weighted by Crippen LogP contribution is -2.62. The van der Waals surface area contributed by atoms with E-state index in [1.54, 1.807) is 41.5 Å². The van der Waals surface area contributed by atoms with E-state index in [1.807, 2.05) is 182 Å². The van der Waals surface area contributed by atoms with Crippen LogP contribution in [0.15, 0.2) is 182 Å². The number of hydrogen-bond donors (Lipinski definition) is 12. The van der Waals surface area contributed by atoms with E-state index >= 15 is 0 Å². The molecule has 12 atom stereocenters. The molecule has 12 amide bonds. The zero-order valence-corrected chi connectivity index (χ0v) is 54.4. The molecular formula is C72H84N12O12. The van der Waals surface area contributed by atoms with Gasteiger partial charge in [0.25, 0.3) is 0 Å². The highest BCUT2D eigenvalue weighted by Gasteiger charge is 2.37. The largest absolute Gasteiger partial charge is 0.343 e. The first kappa shape index (κ1) is 72.4. The Balaban J connectivity index is 0.000000169. The van der Waals surface area contributed by atoms with Gasteiger partial charge in [0.15, 0.2) is 0 Å². The summed E-state index contributed by atoms with van der Waals surface area (Å²) in [5, 5.41) is 32.2. The number of carbonyl (C=O) groups excluding carboxylic acids is 12. The van der Waals surface area contributed by atoms with Crippen LogP contribution in [-0.2, 0) is 96.1 Å². The minimum Gasteiger partial charge on any atom is -0.343 e. The van der Waals surface area contributed by atoms with Gasteiger partial charge in [0.2, 0.25) is 70.9 Å². The highest BCUT2D eigenvalue weighted by molar-refractivity contribution is 6.00. The van der Waals surface area contributed by atoms with E-state index in [4.69, 9.17) is 0 Å². The summed E-state index contributed by atoms with van der Waals surface area (Å²) in [6, 6.07) is 52.8. The molecule has 6 saturated heterocycles. The van der Waals surface area contributed by atoms with Gasteiger partial charge < -0.3 is 63.8 Å². The van der Waals surface area contributed by atoms with Gasteiger partial charge in [-0.2, -0.15) is 0 Å². The summed E-state index contributed by atoms with van der Waals surface area (Å²) in [6.45, 7) is 9.91. The number of rotatable bonds is 12. The van der Waals surface area contributed by atoms with Gasteiger partial charge in [-0.05, 0) is 74.9 Å². The Kier molecular flexibility index (Phi) is 27.0. The van der Waals surface area contributed by atoms with Gasteiger partial charge in [0, 0.05) is 38.5 Å². The zero-order valence-electron chi connectivity index (χ0n) is 54.4. The van der Waals surface area contributed by atoms with Crippen LogP contribution in [0.2, 0.25) is 0 Å². The highest BCUT2D eigenvalue weighted by atomic mass is 16.2. The van der Waals surface area contributed by atoms with Crippen molar-refractivity contribution >= 4 is 70.9 Å². The van der Waals surface area contributed by atoms with Gasteiger partial charge in [0.05, 0.1) is 0 Å². The van der Waals surface area contributed by atoms with Gasteiger partial charge in [-0.3, -0.25) is 57.5 Å². The van der Waals surface area contributed by atoms with Crippen molar-refractivity contribution in [3.63, 3.8) is 0 Å². The van der Waals surface area contributed by atoms with Crippen LogP contribution in [0.4, 0.5) is 0 Å². The first-order valence-corrected chi connectivity index (χ1v) is 31.9. The number of piperazine rings is 6. The number of benzene rings is 6. The van der Waals surface area contributed by atoms with Crippen molar-refractivity contribution in [1.82, 2.24) is 63.8 Å². The molecule has 96 heavy (non-hydrogen) atoms. The maximum absolute atomic E-state index is 12.2. The standard InChI is InChI=1S/3C18H18N2O2.3C6H10N2O2/c3*21-17-15(11-13-7-3-1-4-8-13)19-18(22)16(20-17)12-14-9-5-2-6-10-14;3*1-3-5(9)8-4(2)6(10)7-3/h3*1-10,15-16H,11-12H2,(H,19,22)(H,20,21);3*3-4H,1-2H3,(H,7,10)(H,8,9)/t15-,16+;2*15-,16-;3-,4+;2*3-,4-/m.10.10/s1. The molecule has 6 aromatic rings. The molecule has 0 spiro atoms. The molecule has 12 N–H and O–H groups in total. The molecular weight excluding hydrogens is 1220 g/mol. The molecule has 6 aliphatic heterocycles. The second-order valence-electron chi connectivity index (χ2n) is 23.9. The summed E-state index contributed by atoms with van der Waals surface area (Å²) in [7, 11) is 0. The van der Waals surface area contributed by atoms with Crippen LogP contribution in [0.3, 0.4) is 0 Å². The van der Waals surface area contributed by atoms with Crippen molar-refractivity contribution in [3.05, 3.63) is 215 Å². The second kappa shape index (κ2) is 35.8. The zero-order chi connectivity index (χ0) is 69.3. The summed E-state index contributed by atoms with van der Waals surface area (Å²) in [5.74, 6) is -1.44. The second-order valence-corrected chi connectivity index (χ2v) is 23.9. The van der Waals surface area contributed by atoms with Crippen molar-refractivity contribution in [2.75, 3.05) is 0 Å². The summed E-state index contributed by atoms with van der Waals surface area (Å²) in [6.07, 6.45) is 3.06.